The Kier molecular flexibility index (Phi) is 3.12. The normalized spacial score (nSPS) is 15.8. The van der Waals surface area contributed by atoms with E-state index in [1.54, 1.807) is 13.4 Å². The Labute approximate surface area is 131 Å². The molecule has 4 rings (SSSR count). The van der Waals surface area contributed by atoms with Crippen molar-refractivity contribution in [1.29, 1.82) is 0 Å². The molecule has 0 radical (unpaired) electrons. The van der Waals surface area contributed by atoms with E-state index >= 15 is 0 Å². The second-order valence-corrected chi connectivity index (χ2v) is 6.52. The Balaban J connectivity index is 1.96. The molecule has 0 N–H and O–H groups in total. The predicted molar refractivity (Wildman–Crippen MR) is 87.9 cm³/mol. The van der Waals surface area contributed by atoms with Gasteiger partial charge in [-0.1, -0.05) is 0 Å². The summed E-state index contributed by atoms with van der Waals surface area (Å²) in [6, 6.07) is 2.08. The van der Waals surface area contributed by atoms with Crippen LogP contribution in [-0.2, 0) is 11.8 Å². The highest BCUT2D eigenvalue weighted by molar-refractivity contribution is 7.25. The van der Waals surface area contributed by atoms with Crippen LogP contribution >= 0.6 is 11.3 Å². The zero-order chi connectivity index (χ0) is 15.3. The number of rotatable bonds is 1. The molecular weight excluding hydrogens is 300 g/mol. The lowest BCUT2D eigenvalue weighted by atomic mass is 10.2. The van der Waals surface area contributed by atoms with Gasteiger partial charge in [-0.25, -0.2) is 9.97 Å². The number of fused-ring (bicyclic) bond motifs is 3. The van der Waals surface area contributed by atoms with Gasteiger partial charge in [-0.05, 0) is 18.6 Å². The summed E-state index contributed by atoms with van der Waals surface area (Å²) < 4.78 is 7.58. The molecule has 0 spiro atoms. The maximum atomic E-state index is 12.3. The lowest BCUT2D eigenvalue weighted by Crippen LogP contribution is -2.36. The first kappa shape index (κ1) is 13.7. The number of thiophene rings is 1. The molecule has 0 aromatic carbocycles. The molecule has 114 valence electrons. The number of aryl methyl sites for hydroxylation is 2. The lowest BCUT2D eigenvalue weighted by molar-refractivity contribution is 0.122. The first-order chi connectivity index (χ1) is 10.6. The smallest absolute Gasteiger partial charge is 0.271 e. The minimum absolute atomic E-state index is 0.0136. The van der Waals surface area contributed by atoms with Crippen molar-refractivity contribution in [3.8, 4) is 0 Å². The van der Waals surface area contributed by atoms with E-state index in [1.165, 1.54) is 15.9 Å². The van der Waals surface area contributed by atoms with Crippen LogP contribution in [0.15, 0.2) is 17.2 Å². The van der Waals surface area contributed by atoms with Gasteiger partial charge in [0.15, 0.2) is 0 Å². The van der Waals surface area contributed by atoms with Crippen molar-refractivity contribution in [2.24, 2.45) is 7.05 Å². The molecule has 0 atom stereocenters. The summed E-state index contributed by atoms with van der Waals surface area (Å²) in [7, 11) is 1.72. The minimum Gasteiger partial charge on any atom is -0.378 e. The third-order valence-electron chi connectivity index (χ3n) is 4.03. The molecule has 1 fully saturated rings. The number of morpholine rings is 1. The van der Waals surface area contributed by atoms with Gasteiger partial charge in [-0.3, -0.25) is 4.79 Å². The monoisotopic (exact) mass is 316 g/mol. The second-order valence-electron chi connectivity index (χ2n) is 5.52. The molecule has 3 aromatic rings. The summed E-state index contributed by atoms with van der Waals surface area (Å²) in [6.45, 7) is 5.21. The van der Waals surface area contributed by atoms with Crippen LogP contribution in [0.1, 0.15) is 5.56 Å². The molecule has 1 saturated heterocycles. The van der Waals surface area contributed by atoms with Crippen molar-refractivity contribution in [1.82, 2.24) is 14.5 Å². The number of anilines is 1. The van der Waals surface area contributed by atoms with E-state index in [4.69, 9.17) is 9.72 Å². The van der Waals surface area contributed by atoms with Crippen molar-refractivity contribution >= 4 is 37.6 Å². The molecule has 6 nitrogen and oxygen atoms in total. The lowest BCUT2D eigenvalue weighted by Gasteiger charge is -2.28. The number of hydrogen-bond acceptors (Lipinski definition) is 6. The maximum Gasteiger partial charge on any atom is 0.271 e. The van der Waals surface area contributed by atoms with Crippen LogP contribution in [0, 0.1) is 6.92 Å². The van der Waals surface area contributed by atoms with E-state index in [-0.39, 0.29) is 5.56 Å². The average molecular weight is 316 g/mol. The quantitative estimate of drug-likeness (QED) is 0.684. The standard InChI is InChI=1S/C15H16N4O2S/c1-9-7-10(19-3-5-21-6-4-19)17-14-11(9)12-13(22-14)15(20)18(2)8-16-12/h7-8H,3-6H2,1-2H3. The molecule has 0 aliphatic carbocycles. The van der Waals surface area contributed by atoms with Gasteiger partial charge >= 0.3 is 0 Å². The van der Waals surface area contributed by atoms with Crippen molar-refractivity contribution < 1.29 is 4.74 Å². The number of pyridine rings is 1. The van der Waals surface area contributed by atoms with Gasteiger partial charge in [-0.15, -0.1) is 11.3 Å². The fourth-order valence-electron chi connectivity index (χ4n) is 2.83. The first-order valence-electron chi connectivity index (χ1n) is 7.23. The van der Waals surface area contributed by atoms with Gasteiger partial charge in [0.05, 0.1) is 25.1 Å². The molecule has 1 aliphatic heterocycles. The van der Waals surface area contributed by atoms with Gasteiger partial charge in [0.2, 0.25) is 0 Å². The summed E-state index contributed by atoms with van der Waals surface area (Å²) >= 11 is 1.43. The largest absolute Gasteiger partial charge is 0.378 e. The Morgan fingerprint density at radius 1 is 1.32 bits per heavy atom. The summed E-state index contributed by atoms with van der Waals surface area (Å²) in [5.74, 6) is 0.955. The van der Waals surface area contributed by atoms with E-state index in [0.717, 1.165) is 53.4 Å². The Hall–Kier alpha value is -1.99. The number of nitrogens with zero attached hydrogens (tertiary/aromatic N) is 4. The topological polar surface area (TPSA) is 60.2 Å². The fraction of sp³-hybridized carbons (Fsp3) is 0.400. The molecule has 7 heteroatoms. The summed E-state index contributed by atoms with van der Waals surface area (Å²) in [5, 5.41) is 0.995. The number of ether oxygens (including phenoxy) is 1. The van der Waals surface area contributed by atoms with E-state index in [2.05, 4.69) is 22.9 Å². The van der Waals surface area contributed by atoms with E-state index in [1.807, 2.05) is 0 Å². The van der Waals surface area contributed by atoms with Gasteiger partial charge in [0.25, 0.3) is 5.56 Å². The summed E-state index contributed by atoms with van der Waals surface area (Å²) in [4.78, 5) is 24.6. The third-order valence-corrected chi connectivity index (χ3v) is 5.09. The number of hydrogen-bond donors (Lipinski definition) is 0. The van der Waals surface area contributed by atoms with Crippen molar-refractivity contribution in [2.45, 2.75) is 6.92 Å². The SMILES string of the molecule is Cc1cc(N2CCOCC2)nc2sc3c(=O)n(C)cnc3c12. The van der Waals surface area contributed by atoms with Crippen molar-refractivity contribution in [3.63, 3.8) is 0 Å². The molecule has 22 heavy (non-hydrogen) atoms. The Morgan fingerprint density at radius 3 is 2.86 bits per heavy atom. The summed E-state index contributed by atoms with van der Waals surface area (Å²) in [6.07, 6.45) is 1.58. The van der Waals surface area contributed by atoms with Gasteiger partial charge < -0.3 is 14.2 Å². The van der Waals surface area contributed by atoms with Gasteiger partial charge in [0, 0.05) is 25.5 Å². The maximum absolute atomic E-state index is 12.3. The van der Waals surface area contributed by atoms with E-state index in [0.29, 0.717) is 4.70 Å². The number of aromatic nitrogens is 3. The van der Waals surface area contributed by atoms with Gasteiger partial charge in [-0.2, -0.15) is 0 Å². The molecular formula is C15H16N4O2S. The van der Waals surface area contributed by atoms with E-state index in [9.17, 15) is 4.79 Å². The highest BCUT2D eigenvalue weighted by Crippen LogP contribution is 2.33. The van der Waals surface area contributed by atoms with Crippen molar-refractivity contribution in [2.75, 3.05) is 31.2 Å². The molecule has 1 aliphatic rings. The Bertz CT molecular complexity index is 925. The van der Waals surface area contributed by atoms with Crippen molar-refractivity contribution in [3.05, 3.63) is 28.3 Å². The highest BCUT2D eigenvalue weighted by Gasteiger charge is 2.18. The van der Waals surface area contributed by atoms with Crippen LogP contribution in [0.5, 0.6) is 0 Å². The third kappa shape index (κ3) is 2.00. The van der Waals surface area contributed by atoms with E-state index < -0.39 is 0 Å². The van der Waals surface area contributed by atoms with Gasteiger partial charge in [0.1, 0.15) is 15.3 Å². The molecule has 0 unspecified atom stereocenters. The highest BCUT2D eigenvalue weighted by atomic mass is 32.1. The summed E-state index contributed by atoms with van der Waals surface area (Å²) in [5.41, 5.74) is 1.86. The van der Waals surface area contributed by atoms with Crippen LogP contribution in [-0.4, -0.2) is 40.8 Å². The Morgan fingerprint density at radius 2 is 2.09 bits per heavy atom. The van der Waals surface area contributed by atoms with Crippen LogP contribution in [0.3, 0.4) is 0 Å². The van der Waals surface area contributed by atoms with Crippen LogP contribution in [0.25, 0.3) is 20.4 Å². The fourth-order valence-corrected chi connectivity index (χ4v) is 4.00. The molecule has 0 amide bonds. The van der Waals surface area contributed by atoms with Crippen LogP contribution in [0.4, 0.5) is 5.82 Å². The molecule has 0 bridgehead atoms. The second kappa shape index (κ2) is 5.03. The zero-order valence-electron chi connectivity index (χ0n) is 12.5. The molecule has 3 aromatic heterocycles. The first-order valence-corrected chi connectivity index (χ1v) is 8.05. The van der Waals surface area contributed by atoms with Crippen LogP contribution in [0.2, 0.25) is 0 Å². The zero-order valence-corrected chi connectivity index (χ0v) is 13.3. The van der Waals surface area contributed by atoms with Crippen LogP contribution < -0.4 is 10.5 Å². The predicted octanol–water partition coefficient (Wildman–Crippen LogP) is 1.69. The average Bonchev–Trinajstić information content (AvgIpc) is 2.91. The molecule has 0 saturated carbocycles. The minimum atomic E-state index is -0.0136. The molecule has 4 heterocycles.